The summed E-state index contributed by atoms with van der Waals surface area (Å²) in [5.41, 5.74) is 3.26. The van der Waals surface area contributed by atoms with E-state index in [9.17, 15) is 18.0 Å². The maximum absolute atomic E-state index is 12.9. The third-order valence-electron chi connectivity index (χ3n) is 5.19. The molecule has 1 N–H and O–H groups in total. The molecule has 2 aromatic rings. The normalized spacial score (nSPS) is 15.6. The van der Waals surface area contributed by atoms with Gasteiger partial charge in [0.1, 0.15) is 5.69 Å². The van der Waals surface area contributed by atoms with E-state index in [1.165, 1.54) is 11.2 Å². The lowest BCUT2D eigenvalue weighted by atomic mass is 10.1. The highest BCUT2D eigenvalue weighted by molar-refractivity contribution is 7.89. The molecule has 1 aromatic heterocycles. The van der Waals surface area contributed by atoms with Crippen LogP contribution >= 0.6 is 0 Å². The highest BCUT2D eigenvalue weighted by Gasteiger charge is 2.32. The van der Waals surface area contributed by atoms with Crippen molar-refractivity contribution in [3.63, 3.8) is 0 Å². The second kappa shape index (κ2) is 7.52. The average molecular weight is 404 g/mol. The molecule has 1 saturated heterocycles. The number of nitrogens with one attached hydrogen (secondary N) is 1. The van der Waals surface area contributed by atoms with Gasteiger partial charge < -0.3 is 9.88 Å². The molecule has 3 rings (SSSR count). The molecule has 1 aromatic carbocycles. The molecule has 7 nitrogen and oxygen atoms in total. The Hall–Kier alpha value is -2.45. The minimum atomic E-state index is -3.57. The van der Waals surface area contributed by atoms with Crippen LogP contribution in [0.4, 0.5) is 0 Å². The number of hydrogen-bond acceptors (Lipinski definition) is 4. The third-order valence-corrected chi connectivity index (χ3v) is 7.10. The number of rotatable bonds is 4. The van der Waals surface area contributed by atoms with Gasteiger partial charge in [0.2, 0.25) is 10.0 Å². The second-order valence-corrected chi connectivity index (χ2v) is 9.13. The Balaban J connectivity index is 1.73. The fraction of sp³-hybridized carbons (Fsp3) is 0.400. The number of aromatic nitrogens is 1. The van der Waals surface area contributed by atoms with Crippen LogP contribution in [0.2, 0.25) is 0 Å². The molecule has 150 valence electrons. The zero-order chi connectivity index (χ0) is 20.6. The highest BCUT2D eigenvalue weighted by Crippen LogP contribution is 2.22. The summed E-state index contributed by atoms with van der Waals surface area (Å²) in [6.07, 6.45) is 0. The SMILES string of the molecule is CC(=O)c1c(C)[nH]c(C(=O)N2CCN(S(=O)(=O)c3ccc(C)cc3)CC2)c1C. The summed E-state index contributed by atoms with van der Waals surface area (Å²) in [7, 11) is -3.57. The lowest BCUT2D eigenvalue weighted by Gasteiger charge is -2.34. The summed E-state index contributed by atoms with van der Waals surface area (Å²) in [6, 6.07) is 6.76. The number of sulfonamides is 1. The summed E-state index contributed by atoms with van der Waals surface area (Å²) in [5.74, 6) is -0.292. The van der Waals surface area contributed by atoms with Crippen LogP contribution in [-0.4, -0.2) is 60.5 Å². The van der Waals surface area contributed by atoms with Crippen molar-refractivity contribution in [2.45, 2.75) is 32.6 Å². The Morgan fingerprint density at radius 2 is 1.54 bits per heavy atom. The van der Waals surface area contributed by atoms with E-state index in [1.54, 1.807) is 43.0 Å². The van der Waals surface area contributed by atoms with Crippen LogP contribution < -0.4 is 0 Å². The fourth-order valence-electron chi connectivity index (χ4n) is 3.64. The lowest BCUT2D eigenvalue weighted by Crippen LogP contribution is -2.50. The number of aromatic amines is 1. The molecular formula is C20H25N3O4S. The molecule has 0 atom stereocenters. The van der Waals surface area contributed by atoms with Crippen LogP contribution in [0.1, 0.15) is 44.6 Å². The van der Waals surface area contributed by atoms with Gasteiger partial charge in [-0.05, 0) is 45.4 Å². The number of amides is 1. The Morgan fingerprint density at radius 1 is 0.964 bits per heavy atom. The number of hydrogen-bond donors (Lipinski definition) is 1. The molecule has 1 aliphatic heterocycles. The molecule has 1 amide bonds. The summed E-state index contributed by atoms with van der Waals surface area (Å²) in [5, 5.41) is 0. The Labute approximate surface area is 165 Å². The van der Waals surface area contributed by atoms with Crippen molar-refractivity contribution in [2.75, 3.05) is 26.2 Å². The maximum atomic E-state index is 12.9. The number of carbonyl (C=O) groups excluding carboxylic acids is 2. The number of aryl methyl sites for hydroxylation is 2. The highest BCUT2D eigenvalue weighted by atomic mass is 32.2. The predicted molar refractivity (Wildman–Crippen MR) is 106 cm³/mol. The van der Waals surface area contributed by atoms with Crippen LogP contribution in [0, 0.1) is 20.8 Å². The van der Waals surface area contributed by atoms with E-state index in [-0.39, 0.29) is 29.7 Å². The molecule has 8 heteroatoms. The number of nitrogens with zero attached hydrogens (tertiary/aromatic N) is 2. The monoisotopic (exact) mass is 403 g/mol. The van der Waals surface area contributed by atoms with Crippen LogP contribution in [0.5, 0.6) is 0 Å². The van der Waals surface area contributed by atoms with E-state index in [2.05, 4.69) is 4.98 Å². The molecule has 0 aliphatic carbocycles. The van der Waals surface area contributed by atoms with Crippen molar-refractivity contribution in [1.29, 1.82) is 0 Å². The Kier molecular flexibility index (Phi) is 5.45. The first-order valence-electron chi connectivity index (χ1n) is 9.19. The summed E-state index contributed by atoms with van der Waals surface area (Å²) in [4.78, 5) is 29.6. The molecule has 1 aliphatic rings. The predicted octanol–water partition coefficient (Wildman–Crippen LogP) is 2.29. The number of H-pyrrole nitrogens is 1. The van der Waals surface area contributed by atoms with Gasteiger partial charge in [-0.15, -0.1) is 0 Å². The van der Waals surface area contributed by atoms with E-state index >= 15 is 0 Å². The van der Waals surface area contributed by atoms with E-state index in [1.807, 2.05) is 6.92 Å². The zero-order valence-electron chi connectivity index (χ0n) is 16.6. The number of benzene rings is 1. The average Bonchev–Trinajstić information content (AvgIpc) is 2.96. The molecule has 2 heterocycles. The van der Waals surface area contributed by atoms with Crippen molar-refractivity contribution in [3.05, 3.63) is 52.3 Å². The van der Waals surface area contributed by atoms with Crippen LogP contribution in [0.15, 0.2) is 29.2 Å². The molecule has 1 fully saturated rings. The number of Topliss-reactive ketones (excluding diaryl/α,β-unsaturated/α-hetero) is 1. The van der Waals surface area contributed by atoms with Crippen molar-refractivity contribution in [3.8, 4) is 0 Å². The molecule has 28 heavy (non-hydrogen) atoms. The van der Waals surface area contributed by atoms with Crippen molar-refractivity contribution in [2.24, 2.45) is 0 Å². The molecule has 0 radical (unpaired) electrons. The van der Waals surface area contributed by atoms with Crippen LogP contribution in [-0.2, 0) is 10.0 Å². The molecule has 0 saturated carbocycles. The zero-order valence-corrected chi connectivity index (χ0v) is 17.4. The molecule has 0 unspecified atom stereocenters. The van der Waals surface area contributed by atoms with Gasteiger partial charge in [0.05, 0.1) is 4.90 Å². The van der Waals surface area contributed by atoms with Gasteiger partial charge in [0.25, 0.3) is 5.91 Å². The van der Waals surface area contributed by atoms with Gasteiger partial charge in [-0.2, -0.15) is 4.31 Å². The maximum Gasteiger partial charge on any atom is 0.270 e. The topological polar surface area (TPSA) is 90.6 Å². The molecule has 0 bridgehead atoms. The van der Waals surface area contributed by atoms with Gasteiger partial charge in [-0.3, -0.25) is 9.59 Å². The standard InChI is InChI=1S/C20H25N3O4S/c1-13-5-7-17(8-6-13)28(26,27)23-11-9-22(10-12-23)20(25)19-14(2)18(16(4)24)15(3)21-19/h5-8,21H,9-12H2,1-4H3. The smallest absolute Gasteiger partial charge is 0.270 e. The summed E-state index contributed by atoms with van der Waals surface area (Å²) >= 11 is 0. The second-order valence-electron chi connectivity index (χ2n) is 7.19. The lowest BCUT2D eigenvalue weighted by molar-refractivity contribution is 0.0691. The Morgan fingerprint density at radius 3 is 2.04 bits per heavy atom. The molecule has 0 spiro atoms. The van der Waals surface area contributed by atoms with Crippen LogP contribution in [0.3, 0.4) is 0 Å². The summed E-state index contributed by atoms with van der Waals surface area (Å²) in [6.45, 7) is 7.99. The number of piperazine rings is 1. The minimum Gasteiger partial charge on any atom is -0.354 e. The third kappa shape index (κ3) is 3.62. The fourth-order valence-corrected chi connectivity index (χ4v) is 5.06. The number of ketones is 1. The molecular weight excluding hydrogens is 378 g/mol. The number of carbonyl (C=O) groups is 2. The van der Waals surface area contributed by atoms with Gasteiger partial charge in [0.15, 0.2) is 5.78 Å². The Bertz CT molecular complexity index is 1010. The largest absolute Gasteiger partial charge is 0.354 e. The van der Waals surface area contributed by atoms with Gasteiger partial charge in [0, 0.05) is 37.4 Å². The van der Waals surface area contributed by atoms with Crippen molar-refractivity contribution >= 4 is 21.7 Å². The van der Waals surface area contributed by atoms with E-state index < -0.39 is 10.0 Å². The van der Waals surface area contributed by atoms with E-state index in [4.69, 9.17) is 0 Å². The van der Waals surface area contributed by atoms with Crippen molar-refractivity contribution < 1.29 is 18.0 Å². The first kappa shape index (κ1) is 20.3. The minimum absolute atomic E-state index is 0.0840. The first-order chi connectivity index (χ1) is 13.1. The first-order valence-corrected chi connectivity index (χ1v) is 10.6. The van der Waals surface area contributed by atoms with E-state index in [0.29, 0.717) is 35.6 Å². The van der Waals surface area contributed by atoms with Gasteiger partial charge in [-0.1, -0.05) is 17.7 Å². The van der Waals surface area contributed by atoms with Crippen molar-refractivity contribution in [1.82, 2.24) is 14.2 Å². The van der Waals surface area contributed by atoms with Crippen LogP contribution in [0.25, 0.3) is 0 Å². The summed E-state index contributed by atoms with van der Waals surface area (Å²) < 4.78 is 27.0. The van der Waals surface area contributed by atoms with Gasteiger partial charge in [-0.25, -0.2) is 8.42 Å². The quantitative estimate of drug-likeness (QED) is 0.793. The van der Waals surface area contributed by atoms with E-state index in [0.717, 1.165) is 5.56 Å². The van der Waals surface area contributed by atoms with Gasteiger partial charge >= 0.3 is 0 Å².